The summed E-state index contributed by atoms with van der Waals surface area (Å²) in [6.45, 7) is 1.99. The SMILES string of the molecule is CNC(c1cc(Cl)sc1Cl)c1cccc(C)c1Cl. The highest BCUT2D eigenvalue weighted by molar-refractivity contribution is 7.20. The smallest absolute Gasteiger partial charge is 0.0995 e. The molecule has 1 unspecified atom stereocenters. The zero-order chi connectivity index (χ0) is 13.3. The molecule has 1 nitrogen and oxygen atoms in total. The summed E-state index contributed by atoms with van der Waals surface area (Å²) in [4.78, 5) is 0. The van der Waals surface area contributed by atoms with Gasteiger partial charge >= 0.3 is 0 Å². The maximum atomic E-state index is 6.36. The molecule has 0 aliphatic rings. The van der Waals surface area contributed by atoms with Gasteiger partial charge in [-0.2, -0.15) is 0 Å². The molecule has 2 rings (SSSR count). The van der Waals surface area contributed by atoms with Gasteiger partial charge in [0, 0.05) is 10.6 Å². The van der Waals surface area contributed by atoms with Crippen LogP contribution >= 0.6 is 46.1 Å². The first-order valence-corrected chi connectivity index (χ1v) is 7.36. The van der Waals surface area contributed by atoms with Crippen LogP contribution in [0.15, 0.2) is 24.3 Å². The molecule has 0 radical (unpaired) electrons. The lowest BCUT2D eigenvalue weighted by molar-refractivity contribution is 0.694. The maximum absolute atomic E-state index is 6.36. The lowest BCUT2D eigenvalue weighted by Gasteiger charge is -2.18. The first-order chi connectivity index (χ1) is 8.54. The Morgan fingerprint density at radius 1 is 1.17 bits per heavy atom. The summed E-state index contributed by atoms with van der Waals surface area (Å²) in [6, 6.07) is 7.81. The molecule has 1 aromatic heterocycles. The summed E-state index contributed by atoms with van der Waals surface area (Å²) in [5.74, 6) is 0. The van der Waals surface area contributed by atoms with Gasteiger partial charge in [0.2, 0.25) is 0 Å². The van der Waals surface area contributed by atoms with Crippen molar-refractivity contribution in [3.8, 4) is 0 Å². The van der Waals surface area contributed by atoms with E-state index < -0.39 is 0 Å². The van der Waals surface area contributed by atoms with Crippen molar-refractivity contribution in [1.29, 1.82) is 0 Å². The molecule has 0 fully saturated rings. The van der Waals surface area contributed by atoms with Crippen LogP contribution in [0.5, 0.6) is 0 Å². The van der Waals surface area contributed by atoms with Crippen molar-refractivity contribution >= 4 is 46.1 Å². The Bertz CT molecular complexity index is 565. The number of hydrogen-bond donors (Lipinski definition) is 1. The van der Waals surface area contributed by atoms with Crippen molar-refractivity contribution in [1.82, 2.24) is 5.32 Å². The van der Waals surface area contributed by atoms with E-state index in [0.29, 0.717) is 8.67 Å². The zero-order valence-corrected chi connectivity index (χ0v) is 13.0. The molecule has 1 atom stereocenters. The number of thiophene rings is 1. The van der Waals surface area contributed by atoms with Gasteiger partial charge in [-0.3, -0.25) is 0 Å². The molecule has 18 heavy (non-hydrogen) atoms. The first-order valence-electron chi connectivity index (χ1n) is 5.41. The van der Waals surface area contributed by atoms with Crippen molar-refractivity contribution in [3.05, 3.63) is 54.7 Å². The van der Waals surface area contributed by atoms with Gasteiger partial charge in [0.25, 0.3) is 0 Å². The molecule has 0 aliphatic carbocycles. The molecule has 0 amide bonds. The molecular formula is C13H12Cl3NS. The molecule has 2 aromatic rings. The fourth-order valence-corrected chi connectivity index (χ4v) is 3.69. The summed E-state index contributed by atoms with van der Waals surface area (Å²) in [7, 11) is 1.88. The van der Waals surface area contributed by atoms with E-state index in [2.05, 4.69) is 5.32 Å². The minimum absolute atomic E-state index is 0.0475. The van der Waals surface area contributed by atoms with Crippen LogP contribution in [0.3, 0.4) is 0 Å². The van der Waals surface area contributed by atoms with Gasteiger partial charge in [-0.05, 0) is 31.2 Å². The minimum atomic E-state index is -0.0475. The monoisotopic (exact) mass is 319 g/mol. The van der Waals surface area contributed by atoms with E-state index in [4.69, 9.17) is 34.8 Å². The van der Waals surface area contributed by atoms with E-state index >= 15 is 0 Å². The van der Waals surface area contributed by atoms with Crippen LogP contribution in [0.25, 0.3) is 0 Å². The number of benzene rings is 1. The van der Waals surface area contributed by atoms with Gasteiger partial charge in [-0.25, -0.2) is 0 Å². The predicted molar refractivity (Wildman–Crippen MR) is 81.4 cm³/mol. The lowest BCUT2D eigenvalue weighted by Crippen LogP contribution is -2.18. The largest absolute Gasteiger partial charge is 0.309 e. The maximum Gasteiger partial charge on any atom is 0.0995 e. The van der Waals surface area contributed by atoms with Crippen molar-refractivity contribution in [3.63, 3.8) is 0 Å². The zero-order valence-electron chi connectivity index (χ0n) is 9.93. The summed E-state index contributed by atoms with van der Waals surface area (Å²) in [6.07, 6.45) is 0. The summed E-state index contributed by atoms with van der Waals surface area (Å²) in [5, 5.41) is 4.00. The van der Waals surface area contributed by atoms with Crippen LogP contribution in [-0.2, 0) is 0 Å². The molecule has 1 N–H and O–H groups in total. The second kappa shape index (κ2) is 5.81. The Balaban J connectivity index is 2.52. The van der Waals surface area contributed by atoms with E-state index in [-0.39, 0.29) is 6.04 Å². The molecule has 96 valence electrons. The third kappa shape index (κ3) is 2.68. The van der Waals surface area contributed by atoms with Gasteiger partial charge < -0.3 is 5.32 Å². The molecule has 0 bridgehead atoms. The van der Waals surface area contributed by atoms with Gasteiger partial charge in [0.1, 0.15) is 0 Å². The van der Waals surface area contributed by atoms with Gasteiger partial charge in [0.05, 0.1) is 14.7 Å². The van der Waals surface area contributed by atoms with Gasteiger partial charge in [0.15, 0.2) is 0 Å². The molecule has 5 heteroatoms. The van der Waals surface area contributed by atoms with Crippen LogP contribution in [-0.4, -0.2) is 7.05 Å². The highest BCUT2D eigenvalue weighted by Gasteiger charge is 2.20. The standard InChI is InChI=1S/C13H12Cl3NS/c1-7-4-3-5-8(11(7)15)12(17-2)9-6-10(14)18-13(9)16/h3-6,12,17H,1-2H3. The Kier molecular flexibility index (Phi) is 4.57. The lowest BCUT2D eigenvalue weighted by atomic mass is 9.99. The second-order valence-electron chi connectivity index (χ2n) is 3.98. The molecule has 0 spiro atoms. The van der Waals surface area contributed by atoms with E-state index in [1.807, 2.05) is 38.2 Å². The van der Waals surface area contributed by atoms with Crippen LogP contribution in [0, 0.1) is 6.92 Å². The van der Waals surface area contributed by atoms with Crippen LogP contribution in [0.4, 0.5) is 0 Å². The van der Waals surface area contributed by atoms with E-state index in [1.54, 1.807) is 0 Å². The Labute approximate surface area is 126 Å². The fourth-order valence-electron chi connectivity index (χ4n) is 1.92. The topological polar surface area (TPSA) is 12.0 Å². The predicted octanol–water partition coefficient (Wildman–Crippen LogP) is 5.33. The van der Waals surface area contributed by atoms with Crippen LogP contribution in [0.2, 0.25) is 13.7 Å². The van der Waals surface area contributed by atoms with E-state index in [1.165, 1.54) is 11.3 Å². The molecule has 0 aliphatic heterocycles. The average Bonchev–Trinajstić information content (AvgIpc) is 2.65. The van der Waals surface area contributed by atoms with Gasteiger partial charge in [-0.1, -0.05) is 53.0 Å². The average molecular weight is 321 g/mol. The van der Waals surface area contributed by atoms with Crippen LogP contribution < -0.4 is 5.32 Å². The normalized spacial score (nSPS) is 12.7. The van der Waals surface area contributed by atoms with Crippen molar-refractivity contribution in [2.24, 2.45) is 0 Å². The molecular weight excluding hydrogens is 309 g/mol. The third-order valence-electron chi connectivity index (χ3n) is 2.82. The molecule has 0 saturated heterocycles. The minimum Gasteiger partial charge on any atom is -0.309 e. The van der Waals surface area contributed by atoms with Crippen molar-refractivity contribution in [2.45, 2.75) is 13.0 Å². The number of halogens is 3. The van der Waals surface area contributed by atoms with Crippen LogP contribution in [0.1, 0.15) is 22.7 Å². The highest BCUT2D eigenvalue weighted by atomic mass is 35.5. The Morgan fingerprint density at radius 3 is 2.44 bits per heavy atom. The second-order valence-corrected chi connectivity index (χ2v) is 6.64. The highest BCUT2D eigenvalue weighted by Crippen LogP contribution is 2.39. The third-order valence-corrected chi connectivity index (χ3v) is 4.85. The summed E-state index contributed by atoms with van der Waals surface area (Å²) < 4.78 is 1.37. The van der Waals surface area contributed by atoms with E-state index in [0.717, 1.165) is 21.7 Å². The van der Waals surface area contributed by atoms with Crippen molar-refractivity contribution in [2.75, 3.05) is 7.05 Å². The number of nitrogens with one attached hydrogen (secondary N) is 1. The first kappa shape index (κ1) is 14.2. The molecule has 1 heterocycles. The summed E-state index contributed by atoms with van der Waals surface area (Å²) >= 11 is 19.9. The number of aryl methyl sites for hydroxylation is 1. The number of hydrogen-bond acceptors (Lipinski definition) is 2. The quantitative estimate of drug-likeness (QED) is 0.806. The van der Waals surface area contributed by atoms with E-state index in [9.17, 15) is 0 Å². The summed E-state index contributed by atoms with van der Waals surface area (Å²) in [5.41, 5.74) is 3.02. The Morgan fingerprint density at radius 2 is 1.89 bits per heavy atom. The molecule has 0 saturated carbocycles. The number of rotatable bonds is 3. The Hall–Kier alpha value is -0.250. The van der Waals surface area contributed by atoms with Gasteiger partial charge in [-0.15, -0.1) is 11.3 Å². The fraction of sp³-hybridized carbons (Fsp3) is 0.231. The van der Waals surface area contributed by atoms with Crippen molar-refractivity contribution < 1.29 is 0 Å². The molecule has 1 aromatic carbocycles.